The zero-order valence-corrected chi connectivity index (χ0v) is 10.8. The Labute approximate surface area is 107 Å². The molecule has 1 aromatic heterocycles. The number of nitrogens with one attached hydrogen (secondary N) is 2. The fourth-order valence-corrected chi connectivity index (χ4v) is 2.14. The predicted molar refractivity (Wildman–Crippen MR) is 70.6 cm³/mol. The summed E-state index contributed by atoms with van der Waals surface area (Å²) < 4.78 is 0. The smallest absolute Gasteiger partial charge is 0.227 e. The van der Waals surface area contributed by atoms with Crippen LogP contribution in [-0.2, 0) is 4.79 Å². The highest BCUT2D eigenvalue weighted by molar-refractivity contribution is 5.79. The largest absolute Gasteiger partial charge is 0.370 e. The third-order valence-corrected chi connectivity index (χ3v) is 3.09. The molecule has 1 aliphatic heterocycles. The number of carbonyl (C=O) groups is 1. The van der Waals surface area contributed by atoms with Crippen LogP contribution in [0.3, 0.4) is 0 Å². The molecule has 1 aromatic rings. The lowest BCUT2D eigenvalue weighted by atomic mass is 10.1. The van der Waals surface area contributed by atoms with Crippen LogP contribution in [0.15, 0.2) is 12.3 Å². The Morgan fingerprint density at radius 2 is 2.44 bits per heavy atom. The van der Waals surface area contributed by atoms with Gasteiger partial charge in [-0.25, -0.2) is 4.98 Å². The highest BCUT2D eigenvalue weighted by Gasteiger charge is 2.28. The van der Waals surface area contributed by atoms with Crippen LogP contribution in [0.25, 0.3) is 0 Å². The van der Waals surface area contributed by atoms with Crippen LogP contribution in [0, 0.1) is 5.92 Å². The van der Waals surface area contributed by atoms with Crippen LogP contribution in [0.1, 0.15) is 13.3 Å². The second-order valence-electron chi connectivity index (χ2n) is 4.32. The van der Waals surface area contributed by atoms with Crippen molar-refractivity contribution in [1.29, 1.82) is 0 Å². The molecule has 6 heteroatoms. The number of carbonyl (C=O) groups excluding carboxylic acids is 1. The van der Waals surface area contributed by atoms with Crippen molar-refractivity contribution >= 4 is 17.7 Å². The molecule has 1 fully saturated rings. The number of hydrogen-bond acceptors (Lipinski definition) is 5. The second kappa shape index (κ2) is 5.66. The van der Waals surface area contributed by atoms with Crippen molar-refractivity contribution in [2.45, 2.75) is 13.3 Å². The van der Waals surface area contributed by atoms with Crippen LogP contribution in [-0.4, -0.2) is 42.6 Å². The van der Waals surface area contributed by atoms with E-state index in [4.69, 9.17) is 0 Å². The molecule has 1 unspecified atom stereocenters. The van der Waals surface area contributed by atoms with E-state index in [0.29, 0.717) is 12.5 Å². The summed E-state index contributed by atoms with van der Waals surface area (Å²) in [5.41, 5.74) is 0. The molecule has 1 saturated heterocycles. The van der Waals surface area contributed by atoms with Gasteiger partial charge in [0.1, 0.15) is 5.82 Å². The number of nitrogens with zero attached hydrogens (tertiary/aromatic N) is 3. The molecule has 2 heterocycles. The first-order chi connectivity index (χ1) is 8.74. The van der Waals surface area contributed by atoms with Gasteiger partial charge in [0.15, 0.2) is 0 Å². The van der Waals surface area contributed by atoms with Gasteiger partial charge in [-0.1, -0.05) is 0 Å². The molecule has 18 heavy (non-hydrogen) atoms. The molecule has 1 amide bonds. The first kappa shape index (κ1) is 12.6. The molecule has 0 bridgehead atoms. The van der Waals surface area contributed by atoms with Gasteiger partial charge in [-0.05, 0) is 19.4 Å². The minimum absolute atomic E-state index is 0.0430. The molecule has 0 aliphatic carbocycles. The number of rotatable bonds is 4. The summed E-state index contributed by atoms with van der Waals surface area (Å²) in [6.07, 6.45) is 2.60. The second-order valence-corrected chi connectivity index (χ2v) is 4.32. The molecule has 0 radical (unpaired) electrons. The molecule has 1 aliphatic rings. The van der Waals surface area contributed by atoms with E-state index >= 15 is 0 Å². The van der Waals surface area contributed by atoms with E-state index < -0.39 is 0 Å². The van der Waals surface area contributed by atoms with Crippen molar-refractivity contribution in [3.05, 3.63) is 12.3 Å². The Hall–Kier alpha value is -1.85. The lowest BCUT2D eigenvalue weighted by Crippen LogP contribution is -2.30. The van der Waals surface area contributed by atoms with Gasteiger partial charge in [0.25, 0.3) is 0 Å². The van der Waals surface area contributed by atoms with Gasteiger partial charge in [0.2, 0.25) is 11.9 Å². The number of amides is 1. The molecule has 98 valence electrons. The summed E-state index contributed by atoms with van der Waals surface area (Å²) in [6, 6.07) is 1.85. The minimum atomic E-state index is 0.0430. The fourth-order valence-electron chi connectivity index (χ4n) is 2.14. The maximum Gasteiger partial charge on any atom is 0.227 e. The van der Waals surface area contributed by atoms with Crippen LogP contribution >= 0.6 is 0 Å². The summed E-state index contributed by atoms with van der Waals surface area (Å²) in [5.74, 6) is 1.66. The maximum atomic E-state index is 11.6. The van der Waals surface area contributed by atoms with Gasteiger partial charge in [-0.3, -0.25) is 4.79 Å². The zero-order valence-electron chi connectivity index (χ0n) is 10.8. The molecule has 2 N–H and O–H groups in total. The van der Waals surface area contributed by atoms with E-state index in [1.165, 1.54) is 0 Å². The number of anilines is 2. The quantitative estimate of drug-likeness (QED) is 0.812. The van der Waals surface area contributed by atoms with Gasteiger partial charge in [-0.15, -0.1) is 0 Å². The third kappa shape index (κ3) is 2.69. The van der Waals surface area contributed by atoms with E-state index in [2.05, 4.69) is 25.5 Å². The highest BCUT2D eigenvalue weighted by atomic mass is 16.1. The maximum absolute atomic E-state index is 11.6. The molecule has 0 saturated carbocycles. The summed E-state index contributed by atoms with van der Waals surface area (Å²) in [5, 5.41) is 5.85. The third-order valence-electron chi connectivity index (χ3n) is 3.09. The number of aromatic nitrogens is 2. The normalized spacial score (nSPS) is 18.8. The van der Waals surface area contributed by atoms with Crippen molar-refractivity contribution in [1.82, 2.24) is 15.3 Å². The van der Waals surface area contributed by atoms with Gasteiger partial charge >= 0.3 is 0 Å². The molecule has 6 nitrogen and oxygen atoms in total. The molecular weight excluding hydrogens is 230 g/mol. The summed E-state index contributed by atoms with van der Waals surface area (Å²) in [7, 11) is 1.67. The van der Waals surface area contributed by atoms with Crippen LogP contribution in [0.5, 0.6) is 0 Å². The molecule has 2 rings (SSSR count). The van der Waals surface area contributed by atoms with Gasteiger partial charge in [0, 0.05) is 32.9 Å². The minimum Gasteiger partial charge on any atom is -0.370 e. The SMILES string of the molecule is CCNc1ccnc(N2CCC(C(=O)NC)C2)n1. The van der Waals surface area contributed by atoms with Gasteiger partial charge in [0.05, 0.1) is 5.92 Å². The Balaban J connectivity index is 2.04. The van der Waals surface area contributed by atoms with Gasteiger partial charge in [-0.2, -0.15) is 4.98 Å². The van der Waals surface area contributed by atoms with Crippen molar-refractivity contribution in [2.75, 3.05) is 36.9 Å². The standard InChI is InChI=1S/C12H19N5O/c1-3-14-10-4-6-15-12(16-10)17-7-5-9(8-17)11(18)13-2/h4,6,9H,3,5,7-8H2,1-2H3,(H,13,18)(H,14,15,16). The first-order valence-electron chi connectivity index (χ1n) is 6.28. The van der Waals surface area contributed by atoms with E-state index in [1.54, 1.807) is 13.2 Å². The summed E-state index contributed by atoms with van der Waals surface area (Å²) in [6.45, 7) is 4.37. The predicted octanol–water partition coefficient (Wildman–Crippen LogP) is 0.481. The lowest BCUT2D eigenvalue weighted by molar-refractivity contribution is -0.123. The Bertz CT molecular complexity index is 423. The highest BCUT2D eigenvalue weighted by Crippen LogP contribution is 2.21. The topological polar surface area (TPSA) is 70.2 Å². The van der Waals surface area contributed by atoms with E-state index in [1.807, 2.05) is 13.0 Å². The van der Waals surface area contributed by atoms with E-state index in [9.17, 15) is 4.79 Å². The average molecular weight is 249 g/mol. The molecular formula is C12H19N5O. The average Bonchev–Trinajstić information content (AvgIpc) is 2.88. The van der Waals surface area contributed by atoms with E-state index in [-0.39, 0.29) is 11.8 Å². The Morgan fingerprint density at radius 1 is 1.61 bits per heavy atom. The summed E-state index contributed by atoms with van der Waals surface area (Å²) in [4.78, 5) is 22.3. The molecule has 1 atom stereocenters. The molecule has 0 spiro atoms. The first-order valence-corrected chi connectivity index (χ1v) is 6.28. The summed E-state index contributed by atoms with van der Waals surface area (Å²) >= 11 is 0. The Kier molecular flexibility index (Phi) is 3.96. The Morgan fingerprint density at radius 3 is 3.17 bits per heavy atom. The van der Waals surface area contributed by atoms with Gasteiger partial charge < -0.3 is 15.5 Å². The van der Waals surface area contributed by atoms with Crippen LogP contribution in [0.4, 0.5) is 11.8 Å². The van der Waals surface area contributed by atoms with Crippen molar-refractivity contribution in [3.8, 4) is 0 Å². The van der Waals surface area contributed by atoms with Crippen molar-refractivity contribution in [3.63, 3.8) is 0 Å². The number of hydrogen-bond donors (Lipinski definition) is 2. The van der Waals surface area contributed by atoms with Crippen LogP contribution in [0.2, 0.25) is 0 Å². The molecule has 0 aromatic carbocycles. The zero-order chi connectivity index (χ0) is 13.0. The lowest BCUT2D eigenvalue weighted by Gasteiger charge is -2.16. The monoisotopic (exact) mass is 249 g/mol. The van der Waals surface area contributed by atoms with Crippen LogP contribution < -0.4 is 15.5 Å². The van der Waals surface area contributed by atoms with Crippen molar-refractivity contribution in [2.24, 2.45) is 5.92 Å². The van der Waals surface area contributed by atoms with E-state index in [0.717, 1.165) is 25.3 Å². The fraction of sp³-hybridized carbons (Fsp3) is 0.583. The van der Waals surface area contributed by atoms with Crippen molar-refractivity contribution < 1.29 is 4.79 Å².